The van der Waals surface area contributed by atoms with Gasteiger partial charge in [-0.2, -0.15) is 0 Å². The quantitative estimate of drug-likeness (QED) is 0.314. The van der Waals surface area contributed by atoms with E-state index < -0.39 is 12.1 Å². The number of benzene rings is 1. The number of fused-ring (bicyclic) bond motifs is 4. The van der Waals surface area contributed by atoms with Gasteiger partial charge in [0, 0.05) is 17.9 Å². The summed E-state index contributed by atoms with van der Waals surface area (Å²) in [7, 11) is 0. The van der Waals surface area contributed by atoms with Crippen LogP contribution in [0.15, 0.2) is 35.1 Å². The van der Waals surface area contributed by atoms with Crippen LogP contribution in [0.5, 0.6) is 5.75 Å². The Labute approximate surface area is 165 Å². The lowest BCUT2D eigenvalue weighted by molar-refractivity contribution is -0.132. The van der Waals surface area contributed by atoms with Crippen molar-refractivity contribution in [1.82, 2.24) is 9.55 Å². The van der Waals surface area contributed by atoms with Crippen molar-refractivity contribution in [2.45, 2.75) is 33.1 Å². The molecule has 1 aliphatic heterocycles. The van der Waals surface area contributed by atoms with Gasteiger partial charge in [-0.1, -0.05) is 0 Å². The summed E-state index contributed by atoms with van der Waals surface area (Å²) in [5.41, 5.74) is 3.09. The Balaban J connectivity index is 1.86. The number of hydrogen-bond donors (Lipinski definition) is 1. The van der Waals surface area contributed by atoms with Gasteiger partial charge in [-0.05, 0) is 42.8 Å². The second-order valence-corrected chi connectivity index (χ2v) is 6.88. The summed E-state index contributed by atoms with van der Waals surface area (Å²) < 4.78 is 11.5. The van der Waals surface area contributed by atoms with E-state index in [0.717, 1.165) is 10.9 Å². The number of carbonyl (C=O) groups excluding carboxylic acids is 2. The average molecular weight is 394 g/mol. The SMILES string of the molecule is CC(=O)Oc1ccc2nc3c(cc2c1)Cn1c-3cc(C(C)O)c(COC=O)c1=O. The van der Waals surface area contributed by atoms with Crippen LogP contribution in [0.4, 0.5) is 0 Å². The maximum atomic E-state index is 13.0. The van der Waals surface area contributed by atoms with E-state index in [2.05, 4.69) is 4.98 Å². The zero-order chi connectivity index (χ0) is 20.7. The first-order chi connectivity index (χ1) is 13.9. The molecule has 3 heterocycles. The molecule has 29 heavy (non-hydrogen) atoms. The summed E-state index contributed by atoms with van der Waals surface area (Å²) in [6.07, 6.45) is -0.908. The fourth-order valence-electron chi connectivity index (χ4n) is 3.64. The van der Waals surface area contributed by atoms with Crippen LogP contribution in [-0.4, -0.2) is 27.1 Å². The smallest absolute Gasteiger partial charge is 0.308 e. The summed E-state index contributed by atoms with van der Waals surface area (Å²) in [6.45, 7) is 3.25. The van der Waals surface area contributed by atoms with E-state index >= 15 is 0 Å². The Morgan fingerprint density at radius 3 is 2.83 bits per heavy atom. The van der Waals surface area contributed by atoms with Crippen molar-refractivity contribution in [3.05, 3.63) is 57.4 Å². The summed E-state index contributed by atoms with van der Waals surface area (Å²) in [6, 6.07) is 8.75. The zero-order valence-corrected chi connectivity index (χ0v) is 15.8. The van der Waals surface area contributed by atoms with Gasteiger partial charge in [0.15, 0.2) is 0 Å². The number of ether oxygens (including phenoxy) is 2. The molecule has 1 aliphatic rings. The van der Waals surface area contributed by atoms with Crippen molar-refractivity contribution in [1.29, 1.82) is 0 Å². The van der Waals surface area contributed by atoms with Crippen LogP contribution >= 0.6 is 0 Å². The number of aliphatic hydroxyl groups is 1. The largest absolute Gasteiger partial charge is 0.463 e. The van der Waals surface area contributed by atoms with E-state index in [1.807, 2.05) is 6.07 Å². The number of pyridine rings is 2. The van der Waals surface area contributed by atoms with Gasteiger partial charge in [-0.3, -0.25) is 14.4 Å². The molecule has 8 nitrogen and oxygen atoms in total. The topological polar surface area (TPSA) is 108 Å². The summed E-state index contributed by atoms with van der Waals surface area (Å²) in [4.78, 5) is 39.4. The Morgan fingerprint density at radius 1 is 1.34 bits per heavy atom. The fourth-order valence-corrected chi connectivity index (χ4v) is 3.64. The van der Waals surface area contributed by atoms with E-state index in [1.165, 1.54) is 6.92 Å². The van der Waals surface area contributed by atoms with E-state index in [4.69, 9.17) is 9.47 Å². The highest BCUT2D eigenvalue weighted by Gasteiger charge is 2.26. The first kappa shape index (κ1) is 18.8. The monoisotopic (exact) mass is 394 g/mol. The molecule has 1 atom stereocenters. The number of esters is 1. The standard InChI is InChI=1S/C21H18N2O6/c1-11(25)16-7-19-20-14(8-23(19)21(27)17(16)9-28-10-24)5-13-6-15(29-12(2)26)3-4-18(13)22-20/h3-7,10-11,25H,8-9H2,1-2H3. The second kappa shape index (κ2) is 7.14. The van der Waals surface area contributed by atoms with Crippen molar-refractivity contribution in [2.75, 3.05) is 0 Å². The molecule has 1 N–H and O–H groups in total. The normalized spacial score (nSPS) is 12.9. The lowest BCUT2D eigenvalue weighted by Gasteiger charge is -2.14. The molecular weight excluding hydrogens is 376 g/mol. The van der Waals surface area contributed by atoms with E-state index in [1.54, 1.807) is 35.8 Å². The predicted molar refractivity (Wildman–Crippen MR) is 103 cm³/mol. The minimum absolute atomic E-state index is 0.208. The number of aromatic nitrogens is 2. The number of hydrogen-bond acceptors (Lipinski definition) is 7. The van der Waals surface area contributed by atoms with Gasteiger partial charge in [0.1, 0.15) is 12.4 Å². The third-order valence-corrected chi connectivity index (χ3v) is 4.88. The third kappa shape index (κ3) is 3.27. The Bertz CT molecular complexity index is 1210. The molecular formula is C21H18N2O6. The van der Waals surface area contributed by atoms with Crippen molar-refractivity contribution in [2.24, 2.45) is 0 Å². The first-order valence-electron chi connectivity index (χ1n) is 9.01. The van der Waals surface area contributed by atoms with Gasteiger partial charge in [-0.15, -0.1) is 0 Å². The lowest BCUT2D eigenvalue weighted by atomic mass is 10.0. The van der Waals surface area contributed by atoms with Crippen LogP contribution in [0.1, 0.15) is 36.6 Å². The van der Waals surface area contributed by atoms with Gasteiger partial charge in [0.05, 0.1) is 35.1 Å². The molecule has 1 unspecified atom stereocenters. The Morgan fingerprint density at radius 2 is 2.14 bits per heavy atom. The van der Waals surface area contributed by atoms with Gasteiger partial charge in [0.2, 0.25) is 0 Å². The van der Waals surface area contributed by atoms with Crippen LogP contribution in [-0.2, 0) is 27.5 Å². The molecule has 4 rings (SSSR count). The average Bonchev–Trinajstić information content (AvgIpc) is 3.02. The lowest BCUT2D eigenvalue weighted by Crippen LogP contribution is -2.26. The summed E-state index contributed by atoms with van der Waals surface area (Å²) >= 11 is 0. The molecule has 148 valence electrons. The minimum atomic E-state index is -0.908. The second-order valence-electron chi connectivity index (χ2n) is 6.88. The maximum absolute atomic E-state index is 13.0. The van der Waals surface area contributed by atoms with E-state index in [0.29, 0.717) is 34.8 Å². The van der Waals surface area contributed by atoms with Crippen molar-refractivity contribution in [3.8, 4) is 17.1 Å². The Hall–Kier alpha value is -3.52. The molecule has 0 bridgehead atoms. The summed E-state index contributed by atoms with van der Waals surface area (Å²) in [5, 5.41) is 10.9. The number of rotatable bonds is 5. The van der Waals surface area contributed by atoms with Crippen molar-refractivity contribution < 1.29 is 24.2 Å². The molecule has 8 heteroatoms. The molecule has 0 aliphatic carbocycles. The molecule has 1 aromatic carbocycles. The highest BCUT2D eigenvalue weighted by Crippen LogP contribution is 2.34. The van der Waals surface area contributed by atoms with Crippen LogP contribution < -0.4 is 10.3 Å². The fraction of sp³-hybridized carbons (Fsp3) is 0.238. The van der Waals surface area contributed by atoms with Gasteiger partial charge in [0.25, 0.3) is 12.0 Å². The highest BCUT2D eigenvalue weighted by molar-refractivity contribution is 5.85. The van der Waals surface area contributed by atoms with Crippen molar-refractivity contribution >= 4 is 23.3 Å². The molecule has 0 spiro atoms. The zero-order valence-electron chi connectivity index (χ0n) is 15.8. The van der Waals surface area contributed by atoms with Gasteiger partial charge >= 0.3 is 5.97 Å². The minimum Gasteiger partial charge on any atom is -0.463 e. The van der Waals surface area contributed by atoms with Crippen LogP contribution in [0.3, 0.4) is 0 Å². The molecule has 0 amide bonds. The van der Waals surface area contributed by atoms with Gasteiger partial charge < -0.3 is 19.1 Å². The van der Waals surface area contributed by atoms with Crippen molar-refractivity contribution in [3.63, 3.8) is 0 Å². The number of nitrogens with zero attached hydrogens (tertiary/aromatic N) is 2. The van der Waals surface area contributed by atoms with Crippen LogP contribution in [0, 0.1) is 0 Å². The summed E-state index contributed by atoms with van der Waals surface area (Å²) in [5.74, 6) is 0.0114. The molecule has 0 radical (unpaired) electrons. The first-order valence-corrected chi connectivity index (χ1v) is 9.01. The molecule has 2 aromatic heterocycles. The van der Waals surface area contributed by atoms with E-state index in [9.17, 15) is 19.5 Å². The predicted octanol–water partition coefficient (Wildman–Crippen LogP) is 2.08. The van der Waals surface area contributed by atoms with Crippen LogP contribution in [0.2, 0.25) is 0 Å². The molecule has 3 aromatic rings. The third-order valence-electron chi connectivity index (χ3n) is 4.88. The maximum Gasteiger partial charge on any atom is 0.308 e. The number of carbonyl (C=O) groups is 2. The highest BCUT2D eigenvalue weighted by atomic mass is 16.5. The molecule has 0 fully saturated rings. The molecule has 0 saturated heterocycles. The molecule has 0 saturated carbocycles. The Kier molecular flexibility index (Phi) is 4.63. The van der Waals surface area contributed by atoms with Gasteiger partial charge in [-0.25, -0.2) is 4.98 Å². The number of aliphatic hydroxyl groups excluding tert-OH is 1. The van der Waals surface area contributed by atoms with Crippen LogP contribution in [0.25, 0.3) is 22.3 Å². The van der Waals surface area contributed by atoms with E-state index in [-0.39, 0.29) is 24.2 Å².